The highest BCUT2D eigenvalue weighted by atomic mass is 32.2. The van der Waals surface area contributed by atoms with Crippen molar-refractivity contribution < 1.29 is 23.9 Å². The highest BCUT2D eigenvalue weighted by Crippen LogP contribution is 2.34. The molecule has 0 spiro atoms. The molecule has 0 radical (unpaired) electrons. The van der Waals surface area contributed by atoms with Gasteiger partial charge in [-0.1, -0.05) is 44.7 Å². The van der Waals surface area contributed by atoms with E-state index in [2.05, 4.69) is 25.7 Å². The molecule has 2 aromatic carbocycles. The second kappa shape index (κ2) is 11.6. The summed E-state index contributed by atoms with van der Waals surface area (Å²) in [4.78, 5) is 38.9. The summed E-state index contributed by atoms with van der Waals surface area (Å²) in [5.41, 5.74) is 2.44. The maximum atomic E-state index is 12.8. The monoisotopic (exact) mass is 480 g/mol. The molecule has 1 N–H and O–H groups in total. The Morgan fingerprint density at radius 2 is 1.85 bits per heavy atom. The first-order valence-corrected chi connectivity index (χ1v) is 11.8. The largest absolute Gasteiger partial charge is 0.490 e. The predicted molar refractivity (Wildman–Crippen MR) is 135 cm³/mol. The van der Waals surface area contributed by atoms with E-state index in [-0.39, 0.29) is 11.4 Å². The number of nitrogens with zero attached hydrogens (tertiary/aromatic N) is 1. The molecule has 1 heterocycles. The molecule has 3 amide bonds. The number of ether oxygens (including phenoxy) is 2. The number of carbonyl (C=O) groups is 3. The van der Waals surface area contributed by atoms with Gasteiger partial charge in [-0.25, -0.2) is 0 Å². The van der Waals surface area contributed by atoms with Crippen LogP contribution in [0.3, 0.4) is 0 Å². The van der Waals surface area contributed by atoms with E-state index < -0.39 is 17.1 Å². The molecule has 1 aliphatic rings. The Hall–Kier alpha value is -3.52. The number of hydrogen-bond donors (Lipinski definition) is 1. The minimum atomic E-state index is -0.509. The van der Waals surface area contributed by atoms with Crippen molar-refractivity contribution >= 4 is 40.6 Å². The van der Waals surface area contributed by atoms with Crippen molar-refractivity contribution in [2.75, 3.05) is 25.1 Å². The normalized spacial score (nSPS) is 14.6. The fourth-order valence-corrected chi connectivity index (χ4v) is 4.07. The number of nitrogens with one attached hydrogen (secondary N) is 1. The number of anilines is 1. The van der Waals surface area contributed by atoms with Crippen LogP contribution < -0.4 is 14.8 Å². The zero-order valence-corrected chi connectivity index (χ0v) is 20.3. The molecule has 0 unspecified atom stereocenters. The molecule has 1 fully saturated rings. The fourth-order valence-electron chi connectivity index (χ4n) is 3.23. The lowest BCUT2D eigenvalue weighted by molar-refractivity contribution is -0.127. The Morgan fingerprint density at radius 3 is 2.50 bits per heavy atom. The van der Waals surface area contributed by atoms with Gasteiger partial charge in [0.2, 0.25) is 5.91 Å². The first-order chi connectivity index (χ1) is 16.3. The summed E-state index contributed by atoms with van der Waals surface area (Å²) in [7, 11) is 0. The molecule has 8 heteroatoms. The second-order valence-corrected chi connectivity index (χ2v) is 8.82. The summed E-state index contributed by atoms with van der Waals surface area (Å²) in [5.74, 6) is 0.519. The zero-order valence-electron chi connectivity index (χ0n) is 19.5. The number of benzene rings is 2. The van der Waals surface area contributed by atoms with Crippen molar-refractivity contribution in [1.82, 2.24) is 4.90 Å². The Bertz CT molecular complexity index is 1110. The van der Waals surface area contributed by atoms with Crippen molar-refractivity contribution in [3.8, 4) is 11.5 Å². The number of rotatable bonds is 10. The molecule has 34 heavy (non-hydrogen) atoms. The van der Waals surface area contributed by atoms with Crippen LogP contribution in [0.4, 0.5) is 10.5 Å². The Morgan fingerprint density at radius 1 is 1.12 bits per heavy atom. The lowest BCUT2D eigenvalue weighted by atomic mass is 10.0. The quantitative estimate of drug-likeness (QED) is 0.360. The van der Waals surface area contributed by atoms with Crippen LogP contribution in [0.1, 0.15) is 37.8 Å². The summed E-state index contributed by atoms with van der Waals surface area (Å²) in [6.45, 7) is 10.1. The standard InChI is InChI=1S/C26H28N2O5S/c1-5-13-33-21-12-7-18(14-22(21)32-6-2)15-23-25(30)28(26(31)34-23)16-24(29)27-20-10-8-19(9-11-20)17(3)4/h5,7-12,14-15,17H,1,6,13,16H2,2-4H3,(H,27,29)/b23-15+. The summed E-state index contributed by atoms with van der Waals surface area (Å²) in [6, 6.07) is 12.7. The predicted octanol–water partition coefficient (Wildman–Crippen LogP) is 5.45. The van der Waals surface area contributed by atoms with Crippen LogP contribution >= 0.6 is 11.8 Å². The van der Waals surface area contributed by atoms with Crippen LogP contribution in [-0.2, 0) is 9.59 Å². The van der Waals surface area contributed by atoms with Gasteiger partial charge in [-0.3, -0.25) is 19.3 Å². The minimum absolute atomic E-state index is 0.237. The van der Waals surface area contributed by atoms with E-state index in [1.54, 1.807) is 42.5 Å². The lowest BCUT2D eigenvalue weighted by Crippen LogP contribution is -2.36. The first kappa shape index (κ1) is 25.1. The first-order valence-electron chi connectivity index (χ1n) is 11.0. The van der Waals surface area contributed by atoms with Crippen LogP contribution in [0.15, 0.2) is 60.0 Å². The summed E-state index contributed by atoms with van der Waals surface area (Å²) in [5, 5.41) is 2.25. The van der Waals surface area contributed by atoms with Crippen molar-refractivity contribution in [2.45, 2.75) is 26.7 Å². The molecule has 1 aliphatic heterocycles. The lowest BCUT2D eigenvalue weighted by Gasteiger charge is -2.13. The Balaban J connectivity index is 1.69. The maximum absolute atomic E-state index is 12.8. The molecule has 1 saturated heterocycles. The van der Waals surface area contributed by atoms with Gasteiger partial charge >= 0.3 is 0 Å². The summed E-state index contributed by atoms with van der Waals surface area (Å²) < 4.78 is 11.2. The molecule has 2 aromatic rings. The molecule has 0 bridgehead atoms. The van der Waals surface area contributed by atoms with Gasteiger partial charge in [0.15, 0.2) is 11.5 Å². The topological polar surface area (TPSA) is 84.9 Å². The van der Waals surface area contributed by atoms with Gasteiger partial charge in [0.25, 0.3) is 11.1 Å². The van der Waals surface area contributed by atoms with Crippen LogP contribution in [0.5, 0.6) is 11.5 Å². The molecule has 3 rings (SSSR count). The van der Waals surface area contributed by atoms with E-state index in [9.17, 15) is 14.4 Å². The molecular formula is C26H28N2O5S. The van der Waals surface area contributed by atoms with E-state index in [1.807, 2.05) is 19.1 Å². The van der Waals surface area contributed by atoms with Crippen molar-refractivity contribution in [3.05, 3.63) is 71.2 Å². The van der Waals surface area contributed by atoms with Gasteiger partial charge in [0.05, 0.1) is 11.5 Å². The molecule has 0 aliphatic carbocycles. The molecule has 0 atom stereocenters. The van der Waals surface area contributed by atoms with Crippen molar-refractivity contribution in [1.29, 1.82) is 0 Å². The average molecular weight is 481 g/mol. The number of amides is 3. The van der Waals surface area contributed by atoms with Crippen LogP contribution in [-0.4, -0.2) is 41.7 Å². The number of imide groups is 1. The number of hydrogen-bond acceptors (Lipinski definition) is 6. The zero-order chi connectivity index (χ0) is 24.7. The minimum Gasteiger partial charge on any atom is -0.490 e. The van der Waals surface area contributed by atoms with Crippen molar-refractivity contribution in [3.63, 3.8) is 0 Å². The molecule has 178 valence electrons. The maximum Gasteiger partial charge on any atom is 0.294 e. The molecular weight excluding hydrogens is 452 g/mol. The number of carbonyl (C=O) groups excluding carboxylic acids is 3. The fraction of sp³-hybridized carbons (Fsp3) is 0.269. The van der Waals surface area contributed by atoms with E-state index in [4.69, 9.17) is 9.47 Å². The third kappa shape index (κ3) is 6.29. The van der Waals surface area contributed by atoms with E-state index >= 15 is 0 Å². The van der Waals surface area contributed by atoms with Crippen LogP contribution in [0.2, 0.25) is 0 Å². The number of thioether (sulfide) groups is 1. The molecule has 0 aromatic heterocycles. The van der Waals surface area contributed by atoms with Gasteiger partial charge in [0, 0.05) is 5.69 Å². The van der Waals surface area contributed by atoms with Gasteiger partial charge in [0.1, 0.15) is 13.2 Å². The second-order valence-electron chi connectivity index (χ2n) is 7.83. The Kier molecular flexibility index (Phi) is 8.54. The average Bonchev–Trinajstić information content (AvgIpc) is 3.06. The van der Waals surface area contributed by atoms with Crippen LogP contribution in [0, 0.1) is 0 Å². The summed E-state index contributed by atoms with van der Waals surface area (Å²) >= 11 is 0.801. The SMILES string of the molecule is C=CCOc1ccc(/C=C2/SC(=O)N(CC(=O)Nc3ccc(C(C)C)cc3)C2=O)cc1OCC. The van der Waals surface area contributed by atoms with Gasteiger partial charge in [-0.05, 0) is 66.1 Å². The van der Waals surface area contributed by atoms with E-state index in [0.717, 1.165) is 22.2 Å². The van der Waals surface area contributed by atoms with Crippen LogP contribution in [0.25, 0.3) is 6.08 Å². The van der Waals surface area contributed by atoms with E-state index in [0.29, 0.717) is 41.9 Å². The molecule has 0 saturated carbocycles. The molecule has 7 nitrogen and oxygen atoms in total. The van der Waals surface area contributed by atoms with Gasteiger partial charge < -0.3 is 14.8 Å². The third-order valence-corrected chi connectivity index (χ3v) is 5.87. The summed E-state index contributed by atoms with van der Waals surface area (Å²) in [6.07, 6.45) is 3.24. The third-order valence-electron chi connectivity index (χ3n) is 4.96. The van der Waals surface area contributed by atoms with Crippen molar-refractivity contribution in [2.24, 2.45) is 0 Å². The van der Waals surface area contributed by atoms with Gasteiger partial charge in [-0.15, -0.1) is 0 Å². The highest BCUT2D eigenvalue weighted by Gasteiger charge is 2.36. The Labute approximate surface area is 203 Å². The smallest absolute Gasteiger partial charge is 0.294 e. The van der Waals surface area contributed by atoms with E-state index in [1.165, 1.54) is 0 Å². The van der Waals surface area contributed by atoms with Gasteiger partial charge in [-0.2, -0.15) is 0 Å². The highest BCUT2D eigenvalue weighted by molar-refractivity contribution is 8.18.